The summed E-state index contributed by atoms with van der Waals surface area (Å²) in [5.74, 6) is -2.17. The summed E-state index contributed by atoms with van der Waals surface area (Å²) in [7, 11) is 0. The maximum absolute atomic E-state index is 13.0. The van der Waals surface area contributed by atoms with Crippen LogP contribution in [0.5, 0.6) is 0 Å². The predicted molar refractivity (Wildman–Crippen MR) is 123 cm³/mol. The number of aryl methyl sites for hydroxylation is 1. The second kappa shape index (κ2) is 9.41. The molecule has 3 rings (SSSR count). The average Bonchev–Trinajstić information content (AvgIpc) is 3.07. The molecule has 7 nitrogen and oxygen atoms in total. The summed E-state index contributed by atoms with van der Waals surface area (Å²) in [5, 5.41) is 6.97. The van der Waals surface area contributed by atoms with Gasteiger partial charge in [-0.2, -0.15) is 0 Å². The second-order valence-corrected chi connectivity index (χ2v) is 8.05. The van der Waals surface area contributed by atoms with Crippen molar-refractivity contribution in [3.8, 4) is 0 Å². The molecule has 31 heavy (non-hydrogen) atoms. The third kappa shape index (κ3) is 5.18. The van der Waals surface area contributed by atoms with E-state index in [2.05, 4.69) is 16.1 Å². The van der Waals surface area contributed by atoms with Gasteiger partial charge in [-0.1, -0.05) is 36.2 Å². The first-order chi connectivity index (χ1) is 14.7. The highest BCUT2D eigenvalue weighted by Crippen LogP contribution is 2.25. The molecular weight excluding hydrogens is 439 g/mol. The van der Waals surface area contributed by atoms with Gasteiger partial charge in [0.2, 0.25) is 0 Å². The lowest BCUT2D eigenvalue weighted by Crippen LogP contribution is -2.43. The first kappa shape index (κ1) is 22.7. The largest absolute Gasteiger partial charge is 0.345 e. The maximum atomic E-state index is 13.0. The highest BCUT2D eigenvalue weighted by Gasteiger charge is 2.22. The molecule has 0 bridgehead atoms. The van der Waals surface area contributed by atoms with E-state index in [1.165, 1.54) is 4.68 Å². The van der Waals surface area contributed by atoms with Crippen molar-refractivity contribution in [1.29, 1.82) is 0 Å². The molecule has 0 spiro atoms. The van der Waals surface area contributed by atoms with Crippen molar-refractivity contribution in [3.05, 3.63) is 63.8 Å². The van der Waals surface area contributed by atoms with Gasteiger partial charge in [0.1, 0.15) is 5.69 Å². The Bertz CT molecular complexity index is 1170. The number of rotatable bonds is 5. The molecule has 162 valence electrons. The van der Waals surface area contributed by atoms with Crippen molar-refractivity contribution in [1.82, 2.24) is 9.99 Å². The average molecular weight is 461 g/mol. The third-order valence-electron chi connectivity index (χ3n) is 4.84. The topological polar surface area (TPSA) is 92.2 Å². The Balaban J connectivity index is 1.94. The van der Waals surface area contributed by atoms with Gasteiger partial charge >= 0.3 is 11.8 Å². The second-order valence-electron chi connectivity index (χ2n) is 7.21. The number of nitrogens with one attached hydrogen (secondary N) is 3. The first-order valence-corrected chi connectivity index (χ1v) is 10.5. The van der Waals surface area contributed by atoms with Crippen molar-refractivity contribution in [2.24, 2.45) is 0 Å². The zero-order chi connectivity index (χ0) is 22.7. The molecule has 2 aromatic carbocycles. The van der Waals surface area contributed by atoms with E-state index in [-0.39, 0.29) is 11.7 Å². The maximum Gasteiger partial charge on any atom is 0.328 e. The number of halogens is 2. The van der Waals surface area contributed by atoms with Crippen LogP contribution in [0.4, 0.5) is 5.69 Å². The SMILES string of the molecule is CC[C@H](C)NC(=O)C(=O)Nn1c(C(=O)Nc2ccc(C)c(Cl)c2)cc2cc(Cl)ccc21. The minimum absolute atomic E-state index is 0.124. The molecule has 0 aliphatic carbocycles. The van der Waals surface area contributed by atoms with Crippen molar-refractivity contribution < 1.29 is 14.4 Å². The number of hydrogen-bond donors (Lipinski definition) is 3. The minimum atomic E-state index is -0.889. The molecule has 0 radical (unpaired) electrons. The van der Waals surface area contributed by atoms with E-state index >= 15 is 0 Å². The van der Waals surface area contributed by atoms with Gasteiger partial charge in [-0.15, -0.1) is 0 Å². The molecule has 1 heterocycles. The monoisotopic (exact) mass is 460 g/mol. The molecule has 0 fully saturated rings. The number of benzene rings is 2. The molecule has 1 atom stereocenters. The van der Waals surface area contributed by atoms with Crippen molar-refractivity contribution in [2.45, 2.75) is 33.2 Å². The van der Waals surface area contributed by atoms with Gasteiger partial charge in [-0.05, 0) is 62.2 Å². The summed E-state index contributed by atoms with van der Waals surface area (Å²) >= 11 is 12.2. The van der Waals surface area contributed by atoms with Gasteiger partial charge in [0.05, 0.1) is 5.52 Å². The highest BCUT2D eigenvalue weighted by atomic mass is 35.5. The summed E-state index contributed by atoms with van der Waals surface area (Å²) in [6.45, 7) is 5.55. The van der Waals surface area contributed by atoms with Gasteiger partial charge < -0.3 is 10.6 Å². The fourth-order valence-corrected chi connectivity index (χ4v) is 3.24. The number of aromatic nitrogens is 1. The van der Waals surface area contributed by atoms with Crippen LogP contribution in [0.1, 0.15) is 36.3 Å². The molecule has 0 unspecified atom stereocenters. The van der Waals surface area contributed by atoms with Crippen LogP contribution in [0.3, 0.4) is 0 Å². The molecule has 9 heteroatoms. The van der Waals surface area contributed by atoms with Gasteiger partial charge in [-0.3, -0.25) is 19.8 Å². The fraction of sp³-hybridized carbons (Fsp3) is 0.227. The van der Waals surface area contributed by atoms with E-state index in [4.69, 9.17) is 23.2 Å². The molecule has 3 N–H and O–H groups in total. The molecule has 1 aromatic heterocycles. The van der Waals surface area contributed by atoms with Gasteiger partial charge in [0.25, 0.3) is 5.91 Å². The molecule has 0 aliphatic rings. The molecule has 0 aliphatic heterocycles. The highest BCUT2D eigenvalue weighted by molar-refractivity contribution is 6.38. The quantitative estimate of drug-likeness (QED) is 0.489. The number of amides is 3. The Morgan fingerprint density at radius 2 is 1.77 bits per heavy atom. The van der Waals surface area contributed by atoms with Gasteiger partial charge in [0.15, 0.2) is 0 Å². The molecule has 0 saturated carbocycles. The van der Waals surface area contributed by atoms with Crippen LogP contribution < -0.4 is 16.1 Å². The molecule has 3 amide bonds. The summed E-state index contributed by atoms with van der Waals surface area (Å²) in [6.07, 6.45) is 0.677. The Kier molecular flexibility index (Phi) is 6.87. The summed E-state index contributed by atoms with van der Waals surface area (Å²) in [5.41, 5.74) is 4.52. The Morgan fingerprint density at radius 1 is 1.03 bits per heavy atom. The normalized spacial score (nSPS) is 11.8. The fourth-order valence-electron chi connectivity index (χ4n) is 2.88. The number of carbonyl (C=O) groups is 3. The van der Waals surface area contributed by atoms with E-state index in [1.54, 1.807) is 49.4 Å². The summed E-state index contributed by atoms with van der Waals surface area (Å²) in [6, 6.07) is 11.5. The van der Waals surface area contributed by atoms with E-state index in [9.17, 15) is 14.4 Å². The summed E-state index contributed by atoms with van der Waals surface area (Å²) in [4.78, 5) is 37.7. The van der Waals surface area contributed by atoms with Crippen LogP contribution in [0, 0.1) is 6.92 Å². The van der Waals surface area contributed by atoms with Crippen molar-refractivity contribution in [2.75, 3.05) is 10.7 Å². The van der Waals surface area contributed by atoms with Gasteiger partial charge in [-0.25, -0.2) is 4.68 Å². The molecular formula is C22H22Cl2N4O3. The van der Waals surface area contributed by atoms with E-state index in [0.29, 0.717) is 33.1 Å². The number of carbonyl (C=O) groups excluding carboxylic acids is 3. The van der Waals surface area contributed by atoms with Crippen molar-refractivity contribution >= 4 is 57.5 Å². The zero-order valence-corrected chi connectivity index (χ0v) is 18.8. The number of nitrogens with zero attached hydrogens (tertiary/aromatic N) is 1. The Hall–Kier alpha value is -3.03. The zero-order valence-electron chi connectivity index (χ0n) is 17.3. The lowest BCUT2D eigenvalue weighted by Gasteiger charge is -2.14. The van der Waals surface area contributed by atoms with E-state index < -0.39 is 17.7 Å². The summed E-state index contributed by atoms with van der Waals surface area (Å²) < 4.78 is 1.27. The lowest BCUT2D eigenvalue weighted by molar-refractivity contribution is -0.137. The van der Waals surface area contributed by atoms with Crippen LogP contribution in [0.25, 0.3) is 10.9 Å². The standard InChI is InChI=1S/C22H22Cl2N4O3/c1-4-13(3)25-21(30)22(31)27-28-18-8-6-15(23)9-14(18)10-19(28)20(29)26-16-7-5-12(2)17(24)11-16/h5-11,13H,4H2,1-3H3,(H,25,30)(H,26,29)(H,27,31)/t13-/m0/s1. The van der Waals surface area contributed by atoms with Crippen molar-refractivity contribution in [3.63, 3.8) is 0 Å². The van der Waals surface area contributed by atoms with Crippen LogP contribution in [-0.2, 0) is 9.59 Å². The van der Waals surface area contributed by atoms with E-state index in [0.717, 1.165) is 5.56 Å². The van der Waals surface area contributed by atoms with Crippen LogP contribution in [-0.4, -0.2) is 28.4 Å². The van der Waals surface area contributed by atoms with Crippen LogP contribution >= 0.6 is 23.2 Å². The first-order valence-electron chi connectivity index (χ1n) is 9.70. The molecule has 0 saturated heterocycles. The Morgan fingerprint density at radius 3 is 2.45 bits per heavy atom. The van der Waals surface area contributed by atoms with Crippen LogP contribution in [0.2, 0.25) is 10.0 Å². The smallest absolute Gasteiger partial charge is 0.328 e. The Labute approximate surface area is 189 Å². The third-order valence-corrected chi connectivity index (χ3v) is 5.48. The van der Waals surface area contributed by atoms with Gasteiger partial charge in [0, 0.05) is 27.2 Å². The van der Waals surface area contributed by atoms with Crippen LogP contribution in [0.15, 0.2) is 42.5 Å². The number of hydrogen-bond acceptors (Lipinski definition) is 3. The minimum Gasteiger partial charge on any atom is -0.345 e. The molecule has 3 aromatic rings. The predicted octanol–water partition coefficient (Wildman–Crippen LogP) is 4.49. The number of anilines is 1. The lowest BCUT2D eigenvalue weighted by atomic mass is 10.2. The number of fused-ring (bicyclic) bond motifs is 1. The van der Waals surface area contributed by atoms with E-state index in [1.807, 2.05) is 13.8 Å².